The van der Waals surface area contributed by atoms with E-state index in [1.807, 2.05) is 6.92 Å². The second kappa shape index (κ2) is 7.48. The number of nitrogens with two attached hydrogens (primary N) is 1. The van der Waals surface area contributed by atoms with Crippen molar-refractivity contribution >= 4 is 23.5 Å². The van der Waals surface area contributed by atoms with Gasteiger partial charge in [0.1, 0.15) is 19.0 Å². The molecule has 8 nitrogen and oxygen atoms in total. The Morgan fingerprint density at radius 1 is 1.33 bits per heavy atom. The normalized spacial score (nSPS) is 15.6. The lowest BCUT2D eigenvalue weighted by molar-refractivity contribution is -0.145. The summed E-state index contributed by atoms with van der Waals surface area (Å²) in [6, 6.07) is 3.20. The zero-order valence-electron chi connectivity index (χ0n) is 14.2. The van der Waals surface area contributed by atoms with Gasteiger partial charge in [-0.15, -0.1) is 0 Å². The van der Waals surface area contributed by atoms with Crippen molar-refractivity contribution in [1.82, 2.24) is 4.98 Å². The molecular formula is C16H23N3O5. The average Bonchev–Trinajstić information content (AvgIpc) is 2.52. The number of anilines is 2. The van der Waals surface area contributed by atoms with E-state index in [-0.39, 0.29) is 30.7 Å². The molecule has 8 heteroatoms. The summed E-state index contributed by atoms with van der Waals surface area (Å²) < 4.78 is 16.0. The molecule has 2 N–H and O–H groups in total. The van der Waals surface area contributed by atoms with E-state index in [9.17, 15) is 9.59 Å². The van der Waals surface area contributed by atoms with Gasteiger partial charge in [0, 0.05) is 6.61 Å². The van der Waals surface area contributed by atoms with Crippen molar-refractivity contribution in [3.63, 3.8) is 0 Å². The summed E-state index contributed by atoms with van der Waals surface area (Å²) in [5.41, 5.74) is 4.58. The topological polar surface area (TPSA) is 104 Å². The van der Waals surface area contributed by atoms with Gasteiger partial charge in [0.2, 0.25) is 0 Å². The lowest BCUT2D eigenvalue weighted by Gasteiger charge is -2.37. The molecule has 0 unspecified atom stereocenters. The molecule has 0 bridgehead atoms. The second-order valence-corrected chi connectivity index (χ2v) is 5.89. The maximum absolute atomic E-state index is 12.6. The van der Waals surface area contributed by atoms with E-state index in [1.54, 1.807) is 26.0 Å². The van der Waals surface area contributed by atoms with Gasteiger partial charge in [-0.1, -0.05) is 6.92 Å². The number of fused-ring (bicyclic) bond motifs is 1. The lowest BCUT2D eigenvalue weighted by atomic mass is 10.1. The van der Waals surface area contributed by atoms with E-state index < -0.39 is 11.6 Å². The highest BCUT2D eigenvalue weighted by atomic mass is 16.6. The highest BCUT2D eigenvalue weighted by molar-refractivity contribution is 6.04. The fourth-order valence-corrected chi connectivity index (χ4v) is 2.25. The van der Waals surface area contributed by atoms with Crippen LogP contribution >= 0.6 is 0 Å². The van der Waals surface area contributed by atoms with Crippen molar-refractivity contribution in [1.29, 1.82) is 0 Å². The number of rotatable bonds is 7. The first-order chi connectivity index (χ1) is 11.3. The van der Waals surface area contributed by atoms with E-state index in [0.29, 0.717) is 19.0 Å². The Morgan fingerprint density at radius 3 is 2.79 bits per heavy atom. The summed E-state index contributed by atoms with van der Waals surface area (Å²) in [6.07, 6.45) is 0.898. The van der Waals surface area contributed by atoms with Crippen LogP contribution in [0.4, 0.5) is 11.6 Å². The Morgan fingerprint density at radius 2 is 2.08 bits per heavy atom. The Balaban J connectivity index is 2.06. The van der Waals surface area contributed by atoms with E-state index in [1.165, 1.54) is 4.90 Å². The standard InChI is InChI=1S/C16H23N3O5/c1-4-7-22-8-9-23-13(20)10-19-14-11(5-6-12(17)18-14)24-16(2,3)15(19)21/h5-6H,4,7-10H2,1-3H3,(H2,17,18). The third kappa shape index (κ3) is 4.14. The van der Waals surface area contributed by atoms with E-state index in [2.05, 4.69) is 4.98 Å². The molecule has 0 radical (unpaired) electrons. The zero-order valence-corrected chi connectivity index (χ0v) is 14.2. The molecular weight excluding hydrogens is 314 g/mol. The van der Waals surface area contributed by atoms with Crippen LogP contribution in [0.5, 0.6) is 5.75 Å². The number of esters is 1. The number of amides is 1. The first-order valence-electron chi connectivity index (χ1n) is 7.86. The van der Waals surface area contributed by atoms with Gasteiger partial charge in [-0.05, 0) is 32.4 Å². The molecule has 0 spiro atoms. The monoisotopic (exact) mass is 337 g/mol. The second-order valence-electron chi connectivity index (χ2n) is 5.89. The van der Waals surface area contributed by atoms with E-state index in [0.717, 1.165) is 6.42 Å². The minimum Gasteiger partial charge on any atom is -0.474 e. The van der Waals surface area contributed by atoms with Crippen molar-refractivity contribution in [2.75, 3.05) is 37.0 Å². The molecule has 132 valence electrons. The predicted molar refractivity (Wildman–Crippen MR) is 87.8 cm³/mol. The molecule has 0 saturated heterocycles. The summed E-state index contributed by atoms with van der Waals surface area (Å²) in [7, 11) is 0. The minimum atomic E-state index is -1.10. The maximum Gasteiger partial charge on any atom is 0.326 e. The Kier molecular flexibility index (Phi) is 5.61. The number of nitrogens with zero attached hydrogens (tertiary/aromatic N) is 2. The van der Waals surface area contributed by atoms with Crippen molar-refractivity contribution < 1.29 is 23.8 Å². The van der Waals surface area contributed by atoms with Crippen molar-refractivity contribution in [3.05, 3.63) is 12.1 Å². The van der Waals surface area contributed by atoms with Gasteiger partial charge in [-0.25, -0.2) is 4.98 Å². The van der Waals surface area contributed by atoms with Gasteiger partial charge in [0.25, 0.3) is 5.91 Å². The molecule has 1 aromatic rings. The smallest absolute Gasteiger partial charge is 0.326 e. The predicted octanol–water partition coefficient (Wildman–Crippen LogP) is 1.14. The highest BCUT2D eigenvalue weighted by Gasteiger charge is 2.42. The summed E-state index contributed by atoms with van der Waals surface area (Å²) >= 11 is 0. The van der Waals surface area contributed by atoms with Gasteiger partial charge in [0.05, 0.1) is 6.61 Å². The molecule has 24 heavy (non-hydrogen) atoms. The molecule has 0 atom stereocenters. The van der Waals surface area contributed by atoms with Crippen LogP contribution in [0.25, 0.3) is 0 Å². The van der Waals surface area contributed by atoms with Crippen LogP contribution in [-0.2, 0) is 19.1 Å². The summed E-state index contributed by atoms with van der Waals surface area (Å²) in [5.74, 6) is -0.0776. The Hall–Kier alpha value is -2.35. The van der Waals surface area contributed by atoms with Gasteiger partial charge in [0.15, 0.2) is 17.2 Å². The first kappa shape index (κ1) is 18.0. The number of aromatic nitrogens is 1. The van der Waals surface area contributed by atoms with Crippen LogP contribution in [0.2, 0.25) is 0 Å². The van der Waals surface area contributed by atoms with Crippen LogP contribution in [0.15, 0.2) is 12.1 Å². The van der Waals surface area contributed by atoms with E-state index in [4.69, 9.17) is 19.9 Å². The number of nitrogen functional groups attached to an aromatic ring is 1. The Labute approximate surface area is 140 Å². The Bertz CT molecular complexity index is 618. The minimum absolute atomic E-state index is 0.137. The van der Waals surface area contributed by atoms with Crippen LogP contribution < -0.4 is 15.4 Å². The van der Waals surface area contributed by atoms with Gasteiger partial charge in [-0.2, -0.15) is 0 Å². The average molecular weight is 337 g/mol. The van der Waals surface area contributed by atoms with Crippen molar-refractivity contribution in [3.8, 4) is 5.75 Å². The van der Waals surface area contributed by atoms with Crippen LogP contribution in [-0.4, -0.2) is 48.8 Å². The fraction of sp³-hybridized carbons (Fsp3) is 0.562. The lowest BCUT2D eigenvalue weighted by Crippen LogP contribution is -2.54. The molecule has 1 aliphatic heterocycles. The van der Waals surface area contributed by atoms with Crippen molar-refractivity contribution in [2.45, 2.75) is 32.8 Å². The molecule has 0 saturated carbocycles. The summed E-state index contributed by atoms with van der Waals surface area (Å²) in [4.78, 5) is 29.9. The molecule has 1 aliphatic rings. The number of hydrogen-bond acceptors (Lipinski definition) is 7. The number of hydrogen-bond donors (Lipinski definition) is 1. The van der Waals surface area contributed by atoms with Crippen LogP contribution in [0, 0.1) is 0 Å². The SMILES string of the molecule is CCCOCCOC(=O)CN1C(=O)C(C)(C)Oc2ccc(N)nc21. The number of pyridine rings is 1. The molecule has 0 aromatic carbocycles. The molecule has 2 heterocycles. The molecule has 1 amide bonds. The largest absolute Gasteiger partial charge is 0.474 e. The number of carbonyl (C=O) groups is 2. The quantitative estimate of drug-likeness (QED) is 0.587. The molecule has 0 fully saturated rings. The molecule has 1 aromatic heterocycles. The zero-order chi connectivity index (χ0) is 17.7. The number of carbonyl (C=O) groups excluding carboxylic acids is 2. The third-order valence-corrected chi connectivity index (χ3v) is 3.37. The highest BCUT2D eigenvalue weighted by Crippen LogP contribution is 2.36. The van der Waals surface area contributed by atoms with E-state index >= 15 is 0 Å². The summed E-state index contributed by atoms with van der Waals surface area (Å²) in [5, 5.41) is 0. The fourth-order valence-electron chi connectivity index (χ4n) is 2.25. The van der Waals surface area contributed by atoms with Gasteiger partial charge < -0.3 is 19.9 Å². The van der Waals surface area contributed by atoms with Crippen LogP contribution in [0.3, 0.4) is 0 Å². The summed E-state index contributed by atoms with van der Waals surface area (Å²) in [6.45, 7) is 6.07. The van der Waals surface area contributed by atoms with Gasteiger partial charge in [-0.3, -0.25) is 14.5 Å². The van der Waals surface area contributed by atoms with Crippen molar-refractivity contribution in [2.24, 2.45) is 0 Å². The molecule has 0 aliphatic carbocycles. The maximum atomic E-state index is 12.6. The molecule has 2 rings (SSSR count). The number of ether oxygens (including phenoxy) is 3. The van der Waals surface area contributed by atoms with Gasteiger partial charge >= 0.3 is 5.97 Å². The third-order valence-electron chi connectivity index (χ3n) is 3.37. The van der Waals surface area contributed by atoms with Crippen LogP contribution in [0.1, 0.15) is 27.2 Å². The first-order valence-corrected chi connectivity index (χ1v) is 7.86.